The molecule has 2 saturated carbocycles. The summed E-state index contributed by atoms with van der Waals surface area (Å²) in [6, 6.07) is 2.15. The third-order valence-electron chi connectivity index (χ3n) is 12.3. The van der Waals surface area contributed by atoms with Crippen molar-refractivity contribution < 1.29 is 14.4 Å². The largest absolute Gasteiger partial charge is 0.299 e. The summed E-state index contributed by atoms with van der Waals surface area (Å²) >= 11 is 6.26. The van der Waals surface area contributed by atoms with Crippen molar-refractivity contribution in [2.45, 2.75) is 114 Å². The van der Waals surface area contributed by atoms with E-state index in [1.54, 1.807) is 0 Å². The van der Waals surface area contributed by atoms with Crippen LogP contribution in [0.4, 0.5) is 0 Å². The lowest BCUT2D eigenvalue weighted by atomic mass is 9.36. The summed E-state index contributed by atoms with van der Waals surface area (Å²) in [5, 5.41) is 9.46. The van der Waals surface area contributed by atoms with E-state index in [4.69, 9.17) is 11.6 Å². The number of hydrogen-bond donors (Lipinski definition) is 0. The van der Waals surface area contributed by atoms with E-state index in [1.807, 2.05) is 19.9 Å². The van der Waals surface area contributed by atoms with Gasteiger partial charge in [-0.3, -0.25) is 14.4 Å². The van der Waals surface area contributed by atoms with Gasteiger partial charge in [-0.05, 0) is 83.6 Å². The molecule has 0 radical (unpaired) electrons. The van der Waals surface area contributed by atoms with Gasteiger partial charge in [0.15, 0.2) is 5.78 Å². The molecule has 4 nitrogen and oxygen atoms in total. The van der Waals surface area contributed by atoms with Crippen molar-refractivity contribution in [2.24, 2.45) is 50.7 Å². The fourth-order valence-corrected chi connectivity index (χ4v) is 8.48. The Bertz CT molecular complexity index is 1040. The Balaban J connectivity index is 2.01. The van der Waals surface area contributed by atoms with E-state index in [0.29, 0.717) is 12.8 Å². The molecule has 3 aliphatic rings. The average Bonchev–Trinajstić information content (AvgIpc) is 2.84. The zero-order valence-corrected chi connectivity index (χ0v) is 25.3. The van der Waals surface area contributed by atoms with Crippen LogP contribution >= 0.6 is 11.6 Å². The number of ketones is 2. The van der Waals surface area contributed by atoms with Crippen molar-refractivity contribution in [1.29, 1.82) is 5.26 Å². The summed E-state index contributed by atoms with van der Waals surface area (Å²) in [6.07, 6.45) is 8.35. The molecule has 8 atom stereocenters. The van der Waals surface area contributed by atoms with E-state index < -0.39 is 5.41 Å². The number of carbonyl (C=O) groups is 3. The quantitative estimate of drug-likeness (QED) is 0.298. The number of hydrogen-bond acceptors (Lipinski definition) is 4. The minimum Gasteiger partial charge on any atom is -0.299 e. The standard InChI is InChI=1S/C32H48ClNO3/c1-10-28(4,5)13-14-29(6,27(33)37)15-16-31(8)21(3)24(35)17-25-30(7)18-22(19-34)26(36)20(2)23(30)11-12-32(25,31)9/h18,20-21,23,25H,10-17H2,1-9H3/t20-,21?,23-,25+,29-,30-,31+,32+/m0/s1. The topological polar surface area (TPSA) is 75.0 Å². The first-order chi connectivity index (χ1) is 16.9. The van der Waals surface area contributed by atoms with Crippen LogP contribution in [0.25, 0.3) is 0 Å². The number of fused-ring (bicyclic) bond motifs is 3. The molecule has 0 heterocycles. The van der Waals surface area contributed by atoms with Gasteiger partial charge in [-0.25, -0.2) is 0 Å². The van der Waals surface area contributed by atoms with Gasteiger partial charge in [-0.1, -0.05) is 74.8 Å². The summed E-state index contributed by atoms with van der Waals surface area (Å²) in [6.45, 7) is 19.5. The van der Waals surface area contributed by atoms with Crippen molar-refractivity contribution in [3.8, 4) is 6.07 Å². The maximum absolute atomic E-state index is 13.6. The van der Waals surface area contributed by atoms with Gasteiger partial charge in [0, 0.05) is 23.7 Å². The Kier molecular flexibility index (Phi) is 8.07. The normalized spacial score (nSPS) is 39.6. The van der Waals surface area contributed by atoms with E-state index in [0.717, 1.165) is 38.5 Å². The molecular weight excluding hydrogens is 482 g/mol. The Hall–Kier alpha value is -1.47. The van der Waals surface area contributed by atoms with Gasteiger partial charge in [0.25, 0.3) is 0 Å². The Labute approximate surface area is 230 Å². The molecule has 0 bridgehead atoms. The van der Waals surface area contributed by atoms with Gasteiger partial charge in [0.1, 0.15) is 11.9 Å². The smallest absolute Gasteiger partial charge is 0.227 e. The van der Waals surface area contributed by atoms with E-state index in [1.165, 1.54) is 0 Å². The fraction of sp³-hybridized carbons (Fsp3) is 0.812. The first-order valence-corrected chi connectivity index (χ1v) is 14.7. The predicted octanol–water partition coefficient (Wildman–Crippen LogP) is 8.08. The molecule has 206 valence electrons. The van der Waals surface area contributed by atoms with E-state index in [-0.39, 0.29) is 67.7 Å². The van der Waals surface area contributed by atoms with Gasteiger partial charge in [-0.2, -0.15) is 5.26 Å². The van der Waals surface area contributed by atoms with Crippen molar-refractivity contribution in [2.75, 3.05) is 0 Å². The van der Waals surface area contributed by atoms with E-state index in [2.05, 4.69) is 54.5 Å². The summed E-state index contributed by atoms with van der Waals surface area (Å²) in [5.74, 6) is 0.0363. The molecule has 3 aliphatic carbocycles. The minimum absolute atomic E-state index is 0.0448. The molecule has 0 aromatic rings. The number of nitrogens with zero attached hydrogens (tertiary/aromatic N) is 1. The summed E-state index contributed by atoms with van der Waals surface area (Å²) < 4.78 is 0. The van der Waals surface area contributed by atoms with Crippen LogP contribution in [0.5, 0.6) is 0 Å². The fourth-order valence-electron chi connectivity index (χ4n) is 8.29. The third-order valence-corrected chi connectivity index (χ3v) is 12.7. The van der Waals surface area contributed by atoms with E-state index >= 15 is 0 Å². The molecular formula is C32H48ClNO3. The van der Waals surface area contributed by atoms with Crippen molar-refractivity contribution in [1.82, 2.24) is 0 Å². The van der Waals surface area contributed by atoms with Crippen LogP contribution in [0.2, 0.25) is 0 Å². The van der Waals surface area contributed by atoms with Crippen LogP contribution in [0, 0.1) is 62.1 Å². The maximum Gasteiger partial charge on any atom is 0.227 e. The van der Waals surface area contributed by atoms with Crippen molar-refractivity contribution in [3.05, 3.63) is 11.6 Å². The second-order valence-corrected chi connectivity index (χ2v) is 14.8. The zero-order chi connectivity index (χ0) is 28.2. The highest BCUT2D eigenvalue weighted by Crippen LogP contribution is 2.70. The highest BCUT2D eigenvalue weighted by molar-refractivity contribution is 6.64. The van der Waals surface area contributed by atoms with Gasteiger partial charge < -0.3 is 0 Å². The lowest BCUT2D eigenvalue weighted by molar-refractivity contribution is -0.181. The summed E-state index contributed by atoms with van der Waals surface area (Å²) in [7, 11) is 0. The summed E-state index contributed by atoms with van der Waals surface area (Å²) in [4.78, 5) is 39.3. The van der Waals surface area contributed by atoms with Gasteiger partial charge in [0.05, 0.1) is 5.57 Å². The van der Waals surface area contributed by atoms with Crippen LogP contribution in [-0.4, -0.2) is 16.8 Å². The molecule has 0 aromatic heterocycles. The number of Topliss-reactive ketones (excluding diaryl/α,β-unsaturated/α-hetero) is 2. The van der Waals surface area contributed by atoms with Crippen LogP contribution in [0.1, 0.15) is 114 Å². The first-order valence-electron chi connectivity index (χ1n) is 14.3. The number of allylic oxidation sites excluding steroid dienone is 2. The second kappa shape index (κ2) is 9.93. The van der Waals surface area contributed by atoms with Crippen molar-refractivity contribution in [3.63, 3.8) is 0 Å². The molecule has 0 aromatic carbocycles. The molecule has 0 saturated heterocycles. The average molecular weight is 530 g/mol. The first kappa shape index (κ1) is 30.1. The highest BCUT2D eigenvalue weighted by atomic mass is 35.5. The van der Waals surface area contributed by atoms with E-state index in [9.17, 15) is 19.6 Å². The second-order valence-electron chi connectivity index (χ2n) is 14.5. The molecule has 0 N–H and O–H groups in total. The number of rotatable bonds is 8. The SMILES string of the molecule is CCC(C)(C)CC[C@@](C)(CC[C@]1(C)C(C)C(=O)C[C@@H]2[C@@]3(C)C=C(C#N)C(=O)[C@@H](C)[C@@H]3CC[C@]21C)C(=O)Cl. The number of halogens is 1. The minimum atomic E-state index is -0.635. The van der Waals surface area contributed by atoms with Crippen LogP contribution in [-0.2, 0) is 14.4 Å². The Morgan fingerprint density at radius 1 is 1.14 bits per heavy atom. The number of carbonyl (C=O) groups excluding carboxylic acids is 3. The van der Waals surface area contributed by atoms with Gasteiger partial charge in [0.2, 0.25) is 5.24 Å². The van der Waals surface area contributed by atoms with Crippen LogP contribution < -0.4 is 0 Å². The molecule has 1 unspecified atom stereocenters. The highest BCUT2D eigenvalue weighted by Gasteiger charge is 2.66. The monoisotopic (exact) mass is 529 g/mol. The predicted molar refractivity (Wildman–Crippen MR) is 149 cm³/mol. The Morgan fingerprint density at radius 2 is 1.76 bits per heavy atom. The molecule has 5 heteroatoms. The van der Waals surface area contributed by atoms with Crippen LogP contribution in [0.15, 0.2) is 11.6 Å². The van der Waals surface area contributed by atoms with Crippen molar-refractivity contribution >= 4 is 28.4 Å². The lowest BCUT2D eigenvalue weighted by Gasteiger charge is -2.67. The lowest BCUT2D eigenvalue weighted by Crippen LogP contribution is -2.63. The van der Waals surface area contributed by atoms with Crippen LogP contribution in [0.3, 0.4) is 0 Å². The zero-order valence-electron chi connectivity index (χ0n) is 24.6. The molecule has 0 amide bonds. The molecule has 37 heavy (non-hydrogen) atoms. The third kappa shape index (κ3) is 4.77. The molecule has 0 aliphatic heterocycles. The molecule has 2 fully saturated rings. The summed E-state index contributed by atoms with van der Waals surface area (Å²) in [5.41, 5.74) is -1.11. The molecule has 3 rings (SSSR count). The van der Waals surface area contributed by atoms with Gasteiger partial charge >= 0.3 is 0 Å². The molecule has 0 spiro atoms. The maximum atomic E-state index is 13.6. The number of nitriles is 1. The van der Waals surface area contributed by atoms with Gasteiger partial charge in [-0.15, -0.1) is 0 Å². The Morgan fingerprint density at radius 3 is 2.30 bits per heavy atom.